The number of amides is 3. The zero-order chi connectivity index (χ0) is 21.3. The minimum absolute atomic E-state index is 0.00464. The number of hydrogen-bond donors (Lipinski definition) is 0. The van der Waals surface area contributed by atoms with E-state index >= 15 is 0 Å². The monoisotopic (exact) mass is 400 g/mol. The highest BCUT2D eigenvalue weighted by Crippen LogP contribution is 2.30. The lowest BCUT2D eigenvalue weighted by Gasteiger charge is -2.27. The summed E-state index contributed by atoms with van der Waals surface area (Å²) in [4.78, 5) is 41.3. The van der Waals surface area contributed by atoms with E-state index in [-0.39, 0.29) is 30.7 Å². The van der Waals surface area contributed by atoms with Gasteiger partial charge in [0.05, 0.1) is 0 Å². The lowest BCUT2D eigenvalue weighted by Crippen LogP contribution is -2.41. The van der Waals surface area contributed by atoms with Crippen LogP contribution in [0.2, 0.25) is 0 Å². The molecule has 0 aliphatic carbocycles. The standard InChI is InChI=1S/C25H24N2O3/c1-17-11-13-18(14-12-17)16-26(2)22(28)10-5-15-27-24(29)20-8-3-6-19-7-4-9-21(23(19)20)25(27)30/h3-4,6-9,11-14H,5,10,15-16H2,1-2H3. The molecule has 3 aromatic rings. The van der Waals surface area contributed by atoms with Crippen molar-refractivity contribution in [2.75, 3.05) is 13.6 Å². The molecule has 1 aliphatic rings. The van der Waals surface area contributed by atoms with E-state index in [4.69, 9.17) is 0 Å². The predicted molar refractivity (Wildman–Crippen MR) is 116 cm³/mol. The van der Waals surface area contributed by atoms with Crippen molar-refractivity contribution in [3.8, 4) is 0 Å². The van der Waals surface area contributed by atoms with Gasteiger partial charge in [-0.05, 0) is 36.4 Å². The molecule has 0 bridgehead atoms. The van der Waals surface area contributed by atoms with E-state index in [0.29, 0.717) is 24.1 Å². The van der Waals surface area contributed by atoms with Crippen LogP contribution in [-0.4, -0.2) is 41.1 Å². The van der Waals surface area contributed by atoms with Crippen LogP contribution in [0, 0.1) is 6.92 Å². The van der Waals surface area contributed by atoms with Gasteiger partial charge in [-0.1, -0.05) is 54.1 Å². The van der Waals surface area contributed by atoms with Crippen molar-refractivity contribution in [2.45, 2.75) is 26.3 Å². The zero-order valence-electron chi connectivity index (χ0n) is 17.2. The first-order chi connectivity index (χ1) is 14.5. The van der Waals surface area contributed by atoms with Crippen LogP contribution < -0.4 is 0 Å². The van der Waals surface area contributed by atoms with E-state index in [1.807, 2.05) is 55.5 Å². The third-order valence-corrected chi connectivity index (χ3v) is 5.59. The number of imide groups is 1. The molecule has 0 atom stereocenters. The van der Waals surface area contributed by atoms with Crippen LogP contribution in [-0.2, 0) is 11.3 Å². The SMILES string of the molecule is Cc1ccc(CN(C)C(=O)CCCN2C(=O)c3cccc4cccc(c34)C2=O)cc1. The summed E-state index contributed by atoms with van der Waals surface area (Å²) in [5.74, 6) is -0.579. The molecule has 4 rings (SSSR count). The first-order valence-corrected chi connectivity index (χ1v) is 10.1. The molecular formula is C25H24N2O3. The third-order valence-electron chi connectivity index (χ3n) is 5.59. The average Bonchev–Trinajstić information content (AvgIpc) is 2.75. The van der Waals surface area contributed by atoms with Crippen molar-refractivity contribution >= 4 is 28.5 Å². The van der Waals surface area contributed by atoms with Crippen molar-refractivity contribution in [3.63, 3.8) is 0 Å². The zero-order valence-corrected chi connectivity index (χ0v) is 17.2. The quantitative estimate of drug-likeness (QED) is 0.583. The highest BCUT2D eigenvalue weighted by molar-refractivity contribution is 6.25. The van der Waals surface area contributed by atoms with Crippen LogP contribution in [0.15, 0.2) is 60.7 Å². The molecule has 0 fully saturated rings. The minimum atomic E-state index is -0.287. The van der Waals surface area contributed by atoms with E-state index in [0.717, 1.165) is 16.3 Å². The Kier molecular flexibility index (Phi) is 5.36. The fourth-order valence-electron chi connectivity index (χ4n) is 3.92. The lowest BCUT2D eigenvalue weighted by molar-refractivity contribution is -0.130. The topological polar surface area (TPSA) is 57.7 Å². The number of aryl methyl sites for hydroxylation is 1. The normalized spacial score (nSPS) is 13.1. The van der Waals surface area contributed by atoms with Crippen molar-refractivity contribution in [1.82, 2.24) is 9.80 Å². The van der Waals surface area contributed by atoms with Crippen LogP contribution >= 0.6 is 0 Å². The Morgan fingerprint density at radius 3 is 2.10 bits per heavy atom. The molecule has 0 aromatic heterocycles. The largest absolute Gasteiger partial charge is 0.341 e. The molecular weight excluding hydrogens is 376 g/mol. The second-order valence-corrected chi connectivity index (χ2v) is 7.81. The van der Waals surface area contributed by atoms with Crippen molar-refractivity contribution in [3.05, 3.63) is 82.9 Å². The Bertz CT molecular complexity index is 1080. The molecule has 0 spiro atoms. The van der Waals surface area contributed by atoms with Gasteiger partial charge < -0.3 is 4.90 Å². The van der Waals surface area contributed by atoms with Crippen molar-refractivity contribution < 1.29 is 14.4 Å². The predicted octanol–water partition coefficient (Wildman–Crippen LogP) is 4.18. The van der Waals surface area contributed by atoms with Gasteiger partial charge in [-0.15, -0.1) is 0 Å². The van der Waals surface area contributed by atoms with Gasteiger partial charge in [0.2, 0.25) is 5.91 Å². The summed E-state index contributed by atoms with van der Waals surface area (Å²) in [7, 11) is 1.77. The molecule has 1 aliphatic heterocycles. The van der Waals surface area contributed by atoms with Crippen molar-refractivity contribution in [1.29, 1.82) is 0 Å². The molecule has 0 saturated heterocycles. The molecule has 5 heteroatoms. The second kappa shape index (κ2) is 8.11. The number of benzene rings is 3. The smallest absolute Gasteiger partial charge is 0.261 e. The second-order valence-electron chi connectivity index (χ2n) is 7.81. The minimum Gasteiger partial charge on any atom is -0.341 e. The summed E-state index contributed by atoms with van der Waals surface area (Å²) < 4.78 is 0. The van der Waals surface area contributed by atoms with E-state index in [2.05, 4.69) is 0 Å². The fourth-order valence-corrected chi connectivity index (χ4v) is 3.92. The summed E-state index contributed by atoms with van der Waals surface area (Å²) in [6.45, 7) is 2.79. The van der Waals surface area contributed by atoms with E-state index < -0.39 is 0 Å². The van der Waals surface area contributed by atoms with Crippen LogP contribution in [0.5, 0.6) is 0 Å². The summed E-state index contributed by atoms with van der Waals surface area (Å²) in [5.41, 5.74) is 3.35. The van der Waals surface area contributed by atoms with Crippen LogP contribution in [0.4, 0.5) is 0 Å². The van der Waals surface area contributed by atoms with E-state index in [1.165, 1.54) is 10.5 Å². The van der Waals surface area contributed by atoms with Crippen LogP contribution in [0.3, 0.4) is 0 Å². The summed E-state index contributed by atoms with van der Waals surface area (Å²) in [6.07, 6.45) is 0.720. The van der Waals surface area contributed by atoms with E-state index in [1.54, 1.807) is 24.1 Å². The number of carbonyl (C=O) groups excluding carboxylic acids is 3. The van der Waals surface area contributed by atoms with Gasteiger partial charge in [0, 0.05) is 43.1 Å². The highest BCUT2D eigenvalue weighted by atomic mass is 16.2. The number of carbonyl (C=O) groups is 3. The molecule has 3 amide bonds. The highest BCUT2D eigenvalue weighted by Gasteiger charge is 2.32. The first kappa shape index (κ1) is 19.8. The Hall–Kier alpha value is -3.47. The van der Waals surface area contributed by atoms with Crippen LogP contribution in [0.25, 0.3) is 10.8 Å². The Morgan fingerprint density at radius 1 is 0.900 bits per heavy atom. The number of rotatable bonds is 6. The summed E-state index contributed by atoms with van der Waals surface area (Å²) >= 11 is 0. The first-order valence-electron chi connectivity index (χ1n) is 10.1. The molecule has 30 heavy (non-hydrogen) atoms. The lowest BCUT2D eigenvalue weighted by atomic mass is 9.94. The fraction of sp³-hybridized carbons (Fsp3) is 0.240. The van der Waals surface area contributed by atoms with Gasteiger partial charge in [-0.2, -0.15) is 0 Å². The summed E-state index contributed by atoms with van der Waals surface area (Å²) in [6, 6.07) is 19.1. The number of hydrogen-bond acceptors (Lipinski definition) is 3. The van der Waals surface area contributed by atoms with Gasteiger partial charge in [0.1, 0.15) is 0 Å². The Morgan fingerprint density at radius 2 is 1.50 bits per heavy atom. The molecule has 1 heterocycles. The summed E-state index contributed by atoms with van der Waals surface area (Å²) in [5, 5.41) is 1.61. The molecule has 0 unspecified atom stereocenters. The Balaban J connectivity index is 1.39. The van der Waals surface area contributed by atoms with Crippen LogP contribution in [0.1, 0.15) is 44.7 Å². The number of nitrogens with zero attached hydrogens (tertiary/aromatic N) is 2. The maximum atomic E-state index is 12.9. The van der Waals surface area contributed by atoms with E-state index in [9.17, 15) is 14.4 Å². The average molecular weight is 400 g/mol. The maximum absolute atomic E-state index is 12.9. The van der Waals surface area contributed by atoms with Gasteiger partial charge in [-0.25, -0.2) is 0 Å². The molecule has 3 aromatic carbocycles. The van der Waals surface area contributed by atoms with Crippen molar-refractivity contribution in [2.24, 2.45) is 0 Å². The van der Waals surface area contributed by atoms with Gasteiger partial charge >= 0.3 is 0 Å². The molecule has 0 radical (unpaired) electrons. The molecule has 0 saturated carbocycles. The van der Waals surface area contributed by atoms with Gasteiger partial charge in [-0.3, -0.25) is 19.3 Å². The third kappa shape index (κ3) is 3.71. The molecule has 152 valence electrons. The maximum Gasteiger partial charge on any atom is 0.261 e. The van der Waals surface area contributed by atoms with Gasteiger partial charge in [0.25, 0.3) is 11.8 Å². The van der Waals surface area contributed by atoms with Gasteiger partial charge in [0.15, 0.2) is 0 Å². The molecule has 0 N–H and O–H groups in total. The molecule has 5 nitrogen and oxygen atoms in total. The Labute approximate surface area is 175 Å².